The maximum atomic E-state index is 12.6. The zero-order chi connectivity index (χ0) is 19.3. The number of rotatable bonds is 4. The van der Waals surface area contributed by atoms with Gasteiger partial charge in [-0.15, -0.1) is 10.2 Å². The predicted molar refractivity (Wildman–Crippen MR) is 103 cm³/mol. The van der Waals surface area contributed by atoms with Gasteiger partial charge in [0.2, 0.25) is 0 Å². The zero-order valence-electron chi connectivity index (χ0n) is 15.8. The molecule has 144 valence electrons. The second-order valence-corrected chi connectivity index (χ2v) is 7.57. The molecule has 0 radical (unpaired) electrons. The summed E-state index contributed by atoms with van der Waals surface area (Å²) in [6.07, 6.45) is 7.94. The maximum Gasteiger partial charge on any atom is 0.287 e. The van der Waals surface area contributed by atoms with Gasteiger partial charge in [0.1, 0.15) is 5.82 Å². The monoisotopic (exact) mass is 378 g/mol. The number of furan rings is 1. The van der Waals surface area contributed by atoms with Gasteiger partial charge < -0.3 is 14.7 Å². The lowest BCUT2D eigenvalue weighted by Gasteiger charge is -2.15. The van der Waals surface area contributed by atoms with Crippen molar-refractivity contribution >= 4 is 22.7 Å². The molecule has 8 nitrogen and oxygen atoms in total. The summed E-state index contributed by atoms with van der Waals surface area (Å²) < 4.78 is 7.43. The van der Waals surface area contributed by atoms with Crippen molar-refractivity contribution in [3.05, 3.63) is 47.9 Å². The van der Waals surface area contributed by atoms with Crippen LogP contribution in [0.5, 0.6) is 0 Å². The Morgan fingerprint density at radius 2 is 2.25 bits per heavy atom. The van der Waals surface area contributed by atoms with Crippen LogP contribution in [-0.4, -0.2) is 36.5 Å². The van der Waals surface area contributed by atoms with E-state index in [1.165, 1.54) is 0 Å². The Kier molecular flexibility index (Phi) is 3.92. The first kappa shape index (κ1) is 17.0. The van der Waals surface area contributed by atoms with Crippen molar-refractivity contribution in [3.63, 3.8) is 0 Å². The van der Waals surface area contributed by atoms with Gasteiger partial charge in [-0.3, -0.25) is 9.20 Å². The third-order valence-corrected chi connectivity index (χ3v) is 5.92. The van der Waals surface area contributed by atoms with E-state index in [4.69, 9.17) is 4.42 Å². The topological polar surface area (TPSA) is 101 Å². The first-order valence-corrected chi connectivity index (χ1v) is 9.67. The molecule has 0 aromatic carbocycles. The molecular formula is C20H22N6O2. The Morgan fingerprint density at radius 1 is 1.36 bits per heavy atom. The van der Waals surface area contributed by atoms with Gasteiger partial charge in [-0.1, -0.05) is 13.3 Å². The van der Waals surface area contributed by atoms with Gasteiger partial charge >= 0.3 is 0 Å². The van der Waals surface area contributed by atoms with E-state index < -0.39 is 0 Å². The van der Waals surface area contributed by atoms with Crippen LogP contribution in [0, 0.1) is 12.8 Å². The summed E-state index contributed by atoms with van der Waals surface area (Å²) in [7, 11) is 0. The third-order valence-electron chi connectivity index (χ3n) is 5.92. The molecule has 4 aromatic heterocycles. The van der Waals surface area contributed by atoms with Crippen molar-refractivity contribution in [1.82, 2.24) is 29.9 Å². The summed E-state index contributed by atoms with van der Waals surface area (Å²) in [6, 6.07) is 3.89. The second-order valence-electron chi connectivity index (χ2n) is 7.57. The Labute approximate surface area is 161 Å². The van der Waals surface area contributed by atoms with Gasteiger partial charge in [-0.25, -0.2) is 4.98 Å². The molecule has 0 unspecified atom stereocenters. The minimum atomic E-state index is -0.147. The molecule has 5 rings (SSSR count). The van der Waals surface area contributed by atoms with E-state index in [2.05, 4.69) is 36.8 Å². The highest BCUT2D eigenvalue weighted by Gasteiger charge is 2.38. The van der Waals surface area contributed by atoms with Crippen molar-refractivity contribution in [3.8, 4) is 0 Å². The molecular weight excluding hydrogens is 356 g/mol. The molecule has 0 spiro atoms. The molecule has 1 saturated carbocycles. The second kappa shape index (κ2) is 6.47. The summed E-state index contributed by atoms with van der Waals surface area (Å²) in [4.78, 5) is 20.1. The fourth-order valence-corrected chi connectivity index (χ4v) is 4.50. The lowest BCUT2D eigenvalue weighted by atomic mass is 9.93. The molecule has 2 N–H and O–H groups in total. The summed E-state index contributed by atoms with van der Waals surface area (Å²) in [5.74, 6) is 1.84. The first-order chi connectivity index (χ1) is 13.7. The fraction of sp³-hybridized carbons (Fsp3) is 0.400. The minimum absolute atomic E-state index is 0.0860. The number of aromatic amines is 1. The molecule has 28 heavy (non-hydrogen) atoms. The number of amides is 1. The van der Waals surface area contributed by atoms with Crippen LogP contribution in [0.1, 0.15) is 54.0 Å². The van der Waals surface area contributed by atoms with Crippen molar-refractivity contribution in [2.24, 2.45) is 5.92 Å². The predicted octanol–water partition coefficient (Wildman–Crippen LogP) is 3.21. The average molecular weight is 378 g/mol. The van der Waals surface area contributed by atoms with Crippen molar-refractivity contribution in [2.45, 2.75) is 45.1 Å². The molecule has 4 aromatic rings. The van der Waals surface area contributed by atoms with Crippen LogP contribution >= 0.6 is 0 Å². The number of fused-ring (bicyclic) bond motifs is 3. The van der Waals surface area contributed by atoms with E-state index in [1.807, 2.05) is 19.2 Å². The quantitative estimate of drug-likeness (QED) is 0.568. The standard InChI is InChI=1S/C20H22N6O2/c1-3-12-8-13(23-20(27)17-11(2)5-7-28-17)9-14(12)19-25-24-16-10-22-18-15(26(16)19)4-6-21-18/h4-7,10,12-14,21H,3,8-9H2,1-2H3,(H,23,27)/t12-,13+,14+/m0/s1. The molecule has 0 saturated heterocycles. The van der Waals surface area contributed by atoms with E-state index in [-0.39, 0.29) is 17.9 Å². The van der Waals surface area contributed by atoms with Crippen LogP contribution in [0.3, 0.4) is 0 Å². The van der Waals surface area contributed by atoms with Gasteiger partial charge in [-0.05, 0) is 37.8 Å². The smallest absolute Gasteiger partial charge is 0.287 e. The normalized spacial score (nSPS) is 22.3. The number of nitrogens with one attached hydrogen (secondary N) is 2. The van der Waals surface area contributed by atoms with Crippen LogP contribution in [0.2, 0.25) is 0 Å². The number of aryl methyl sites for hydroxylation is 1. The van der Waals surface area contributed by atoms with E-state index >= 15 is 0 Å². The Morgan fingerprint density at radius 3 is 3.04 bits per heavy atom. The Balaban J connectivity index is 1.45. The van der Waals surface area contributed by atoms with Gasteiger partial charge in [0, 0.05) is 23.7 Å². The molecule has 1 fully saturated rings. The first-order valence-electron chi connectivity index (χ1n) is 9.67. The molecule has 0 bridgehead atoms. The van der Waals surface area contributed by atoms with Crippen molar-refractivity contribution in [2.75, 3.05) is 0 Å². The Bertz CT molecular complexity index is 1160. The highest BCUT2D eigenvalue weighted by Crippen LogP contribution is 2.41. The van der Waals surface area contributed by atoms with Crippen molar-refractivity contribution in [1.29, 1.82) is 0 Å². The van der Waals surface area contributed by atoms with Gasteiger partial charge in [0.05, 0.1) is 18.0 Å². The number of aromatic nitrogens is 5. The minimum Gasteiger partial charge on any atom is -0.459 e. The largest absolute Gasteiger partial charge is 0.459 e. The summed E-state index contributed by atoms with van der Waals surface area (Å²) in [6.45, 7) is 4.07. The van der Waals surface area contributed by atoms with Crippen LogP contribution in [0.25, 0.3) is 16.8 Å². The molecule has 4 heterocycles. The molecule has 1 aliphatic carbocycles. The molecule has 3 atom stereocenters. The van der Waals surface area contributed by atoms with E-state index in [0.717, 1.165) is 47.5 Å². The lowest BCUT2D eigenvalue weighted by Crippen LogP contribution is -2.33. The molecule has 1 amide bonds. The number of hydrogen-bond donors (Lipinski definition) is 2. The number of nitrogens with zero attached hydrogens (tertiary/aromatic N) is 4. The van der Waals surface area contributed by atoms with Crippen LogP contribution in [-0.2, 0) is 0 Å². The molecule has 0 aliphatic heterocycles. The number of H-pyrrole nitrogens is 1. The number of hydrogen-bond acceptors (Lipinski definition) is 5. The number of carbonyl (C=O) groups is 1. The highest BCUT2D eigenvalue weighted by molar-refractivity contribution is 5.93. The van der Waals surface area contributed by atoms with Crippen LogP contribution in [0.15, 0.2) is 35.2 Å². The van der Waals surface area contributed by atoms with Gasteiger partial charge in [0.25, 0.3) is 5.91 Å². The van der Waals surface area contributed by atoms with E-state index in [0.29, 0.717) is 11.7 Å². The zero-order valence-corrected chi connectivity index (χ0v) is 15.8. The fourth-order valence-electron chi connectivity index (χ4n) is 4.50. The molecule has 8 heteroatoms. The highest BCUT2D eigenvalue weighted by atomic mass is 16.3. The SMILES string of the molecule is CC[C@H]1C[C@@H](NC(=O)c2occc2C)C[C@H]1c1nnc2cnc3[nH]ccc3n12. The van der Waals surface area contributed by atoms with Gasteiger partial charge in [0.15, 0.2) is 17.1 Å². The van der Waals surface area contributed by atoms with Gasteiger partial charge in [-0.2, -0.15) is 0 Å². The van der Waals surface area contributed by atoms with E-state index in [1.54, 1.807) is 18.5 Å². The maximum absolute atomic E-state index is 12.6. The molecule has 1 aliphatic rings. The van der Waals surface area contributed by atoms with Crippen LogP contribution < -0.4 is 5.32 Å². The summed E-state index contributed by atoms with van der Waals surface area (Å²) >= 11 is 0. The Hall–Kier alpha value is -3.16. The van der Waals surface area contributed by atoms with Crippen molar-refractivity contribution < 1.29 is 9.21 Å². The average Bonchev–Trinajstić information content (AvgIpc) is 3.45. The number of carbonyl (C=O) groups excluding carboxylic acids is 1. The van der Waals surface area contributed by atoms with E-state index in [9.17, 15) is 4.79 Å². The summed E-state index contributed by atoms with van der Waals surface area (Å²) in [5, 5.41) is 12.0. The summed E-state index contributed by atoms with van der Waals surface area (Å²) in [5.41, 5.74) is 3.39. The van der Waals surface area contributed by atoms with Crippen LogP contribution in [0.4, 0.5) is 0 Å². The lowest BCUT2D eigenvalue weighted by molar-refractivity contribution is 0.0908. The third kappa shape index (κ3) is 2.59.